The summed E-state index contributed by atoms with van der Waals surface area (Å²) in [5.41, 5.74) is 4.79. The summed E-state index contributed by atoms with van der Waals surface area (Å²) >= 11 is 0. The maximum Gasteiger partial charge on any atom is 0.319 e. The predicted molar refractivity (Wildman–Crippen MR) is 192 cm³/mol. The Hall–Kier alpha value is -2.88. The molecule has 2 N–H and O–H groups in total. The van der Waals surface area contributed by atoms with Gasteiger partial charge in [-0.3, -0.25) is 0 Å². The van der Waals surface area contributed by atoms with Gasteiger partial charge in [-0.05, 0) is 129 Å². The molecule has 3 saturated heterocycles. The van der Waals surface area contributed by atoms with Gasteiger partial charge in [-0.1, -0.05) is 26.8 Å². The van der Waals surface area contributed by atoms with E-state index in [-0.39, 0.29) is 28.7 Å². The Balaban J connectivity index is 1.12. The number of benzene rings is 2. The molecule has 4 atom stereocenters. The molecule has 3 unspecified atom stereocenters. The lowest BCUT2D eigenvalue weighted by Crippen LogP contribution is -2.51. The maximum absolute atomic E-state index is 17.6. The first-order valence-electron chi connectivity index (χ1n) is 19.5. The second kappa shape index (κ2) is 12.4. The van der Waals surface area contributed by atoms with E-state index >= 15 is 8.78 Å². The number of hydrogen-bond donors (Lipinski definition) is 2. The van der Waals surface area contributed by atoms with Gasteiger partial charge in [0.25, 0.3) is 0 Å². The topological polar surface area (TPSA) is 73.8 Å². The lowest BCUT2D eigenvalue weighted by atomic mass is 9.72. The highest BCUT2D eigenvalue weighted by atomic mass is 19.1. The molecule has 2 bridgehead atoms. The van der Waals surface area contributed by atoms with E-state index in [0.717, 1.165) is 67.8 Å². The summed E-state index contributed by atoms with van der Waals surface area (Å²) in [7, 11) is 0. The van der Waals surface area contributed by atoms with Gasteiger partial charge in [0, 0.05) is 54.0 Å². The molecule has 268 valence electrons. The van der Waals surface area contributed by atoms with Crippen LogP contribution >= 0.6 is 0 Å². The summed E-state index contributed by atoms with van der Waals surface area (Å²) in [5, 5.41) is 15.5. The zero-order valence-corrected chi connectivity index (χ0v) is 30.0. The van der Waals surface area contributed by atoms with E-state index in [1.807, 2.05) is 6.92 Å². The molecule has 3 aromatic rings. The Morgan fingerprint density at radius 2 is 1.74 bits per heavy atom. The van der Waals surface area contributed by atoms with Crippen molar-refractivity contribution >= 4 is 16.7 Å². The van der Waals surface area contributed by atoms with Crippen LogP contribution in [0.3, 0.4) is 0 Å². The van der Waals surface area contributed by atoms with Gasteiger partial charge in [-0.2, -0.15) is 9.97 Å². The smallest absolute Gasteiger partial charge is 0.319 e. The zero-order valence-electron chi connectivity index (χ0n) is 30.0. The fraction of sp³-hybridized carbons (Fsp3) is 0.659. The molecule has 7 nitrogen and oxygen atoms in total. The third-order valence-corrected chi connectivity index (χ3v) is 13.4. The maximum atomic E-state index is 17.6. The van der Waals surface area contributed by atoms with Crippen LogP contribution in [0.25, 0.3) is 10.9 Å². The molecule has 9 heteroatoms. The predicted octanol–water partition coefficient (Wildman–Crippen LogP) is 7.01. The van der Waals surface area contributed by atoms with E-state index in [0.29, 0.717) is 59.9 Å². The number of aromatic nitrogens is 2. The molecule has 1 spiro atoms. The Morgan fingerprint density at radius 3 is 2.40 bits per heavy atom. The van der Waals surface area contributed by atoms with Crippen LogP contribution in [-0.4, -0.2) is 77.5 Å². The molecule has 6 aliphatic rings. The Kier molecular flexibility index (Phi) is 8.16. The van der Waals surface area contributed by atoms with E-state index in [1.165, 1.54) is 44.8 Å². The molecule has 9 rings (SSSR count). The quantitative estimate of drug-likeness (QED) is 0.251. The molecular weight excluding hydrogens is 632 g/mol. The van der Waals surface area contributed by atoms with Crippen molar-refractivity contribution in [2.45, 2.75) is 121 Å². The van der Waals surface area contributed by atoms with E-state index < -0.39 is 17.8 Å². The van der Waals surface area contributed by atoms with Crippen LogP contribution in [-0.2, 0) is 12.8 Å². The lowest BCUT2D eigenvalue weighted by molar-refractivity contribution is 0.115. The van der Waals surface area contributed by atoms with Crippen molar-refractivity contribution in [2.24, 2.45) is 10.8 Å². The molecule has 2 saturated carbocycles. The largest absolute Gasteiger partial charge is 0.463 e. The average Bonchev–Trinajstić information content (AvgIpc) is 4.03. The van der Waals surface area contributed by atoms with Crippen molar-refractivity contribution in [2.75, 3.05) is 44.2 Å². The molecule has 1 aromatic heterocycles. The van der Waals surface area contributed by atoms with E-state index in [2.05, 4.69) is 35.0 Å². The standard InChI is InChI=1S/C41H53F2N5O2/c1-4-29-33(42)8-5-25-17-28(49)18-31(34(25)29)35-30(24(2)3)19-32-37(36(35)43)45-39(46-38(32)48-20-26-6-7-27(21-48)44-26)50-23-41(11-12-41)22-47-15-13-40(9-10-40)14-16-47/h5,8,19,24,26-28,31,44,49H,4,6-7,9-18,20-23H2,1-3H3/t26?,27?,28-,31?/m1/s1. The third kappa shape index (κ3) is 5.89. The van der Waals surface area contributed by atoms with Crippen LogP contribution in [0, 0.1) is 22.5 Å². The number of ether oxygens (including phenoxy) is 1. The lowest BCUT2D eigenvalue weighted by Gasteiger charge is -2.36. The highest BCUT2D eigenvalue weighted by Crippen LogP contribution is 2.55. The fourth-order valence-electron chi connectivity index (χ4n) is 10.1. The number of fused-ring (bicyclic) bond motifs is 4. The van der Waals surface area contributed by atoms with Crippen molar-refractivity contribution in [1.29, 1.82) is 0 Å². The molecule has 0 radical (unpaired) electrons. The number of rotatable bonds is 9. The highest BCUT2D eigenvalue weighted by Gasteiger charge is 2.49. The van der Waals surface area contributed by atoms with Gasteiger partial charge in [0.05, 0.1) is 12.7 Å². The Bertz CT molecular complexity index is 1780. The van der Waals surface area contributed by atoms with E-state index in [9.17, 15) is 5.11 Å². The van der Waals surface area contributed by atoms with E-state index in [4.69, 9.17) is 14.7 Å². The minimum Gasteiger partial charge on any atom is -0.463 e. The van der Waals surface area contributed by atoms with Crippen LogP contribution < -0.4 is 15.0 Å². The van der Waals surface area contributed by atoms with E-state index in [1.54, 1.807) is 6.07 Å². The van der Waals surface area contributed by atoms with Crippen LogP contribution in [0.4, 0.5) is 14.6 Å². The molecular formula is C41H53F2N5O2. The number of halogens is 2. The summed E-state index contributed by atoms with van der Waals surface area (Å²) in [6.07, 6.45) is 10.6. The minimum atomic E-state index is -0.640. The Morgan fingerprint density at radius 1 is 1.00 bits per heavy atom. The van der Waals surface area contributed by atoms with Gasteiger partial charge < -0.3 is 25.0 Å². The summed E-state index contributed by atoms with van der Waals surface area (Å²) in [6.45, 7) is 11.7. The monoisotopic (exact) mass is 685 g/mol. The number of aliphatic hydroxyl groups is 1. The number of piperidine rings is 1. The van der Waals surface area contributed by atoms with Gasteiger partial charge in [0.2, 0.25) is 0 Å². The number of nitrogens with one attached hydrogen (secondary N) is 1. The van der Waals surface area contributed by atoms with Crippen LogP contribution in [0.5, 0.6) is 6.01 Å². The second-order valence-corrected chi connectivity index (χ2v) is 17.3. The van der Waals surface area contributed by atoms with Crippen molar-refractivity contribution in [3.8, 4) is 6.01 Å². The van der Waals surface area contributed by atoms with Crippen molar-refractivity contribution in [3.63, 3.8) is 0 Å². The number of likely N-dealkylation sites (tertiary alicyclic amines) is 1. The van der Waals surface area contributed by atoms with Gasteiger partial charge >= 0.3 is 6.01 Å². The van der Waals surface area contributed by atoms with Crippen molar-refractivity contribution in [1.82, 2.24) is 20.2 Å². The van der Waals surface area contributed by atoms with Gasteiger partial charge in [0.15, 0.2) is 5.82 Å². The summed E-state index contributed by atoms with van der Waals surface area (Å²) in [4.78, 5) is 14.9. The molecule has 50 heavy (non-hydrogen) atoms. The normalized spacial score (nSPS) is 28.0. The number of hydrogen-bond acceptors (Lipinski definition) is 7. The number of piperazine rings is 1. The molecule has 2 aromatic carbocycles. The van der Waals surface area contributed by atoms with Gasteiger partial charge in [0.1, 0.15) is 17.2 Å². The highest BCUT2D eigenvalue weighted by molar-refractivity contribution is 5.92. The number of aliphatic hydroxyl groups excluding tert-OH is 1. The van der Waals surface area contributed by atoms with Crippen molar-refractivity contribution < 1.29 is 18.6 Å². The molecule has 3 aliphatic heterocycles. The first-order chi connectivity index (χ1) is 24.1. The summed E-state index contributed by atoms with van der Waals surface area (Å²) < 4.78 is 39.5. The number of nitrogens with zero attached hydrogens (tertiary/aromatic N) is 4. The van der Waals surface area contributed by atoms with Crippen LogP contribution in [0.15, 0.2) is 18.2 Å². The Labute approximate surface area is 295 Å². The molecule has 4 heterocycles. The molecule has 5 fully saturated rings. The summed E-state index contributed by atoms with van der Waals surface area (Å²) in [6, 6.07) is 6.38. The fourth-order valence-corrected chi connectivity index (χ4v) is 10.1. The SMILES string of the molecule is CCc1c(F)ccc2c1C(c1c(C(C)C)cc3c(N4CC5CCC(C4)N5)nc(OCC4(CN5CCC6(CC5)CC6)CC4)nc3c1F)C[C@H](O)C2. The van der Waals surface area contributed by atoms with Crippen molar-refractivity contribution in [3.05, 3.63) is 57.7 Å². The average molecular weight is 686 g/mol. The summed E-state index contributed by atoms with van der Waals surface area (Å²) in [5.74, 6) is -0.395. The first kappa shape index (κ1) is 33.0. The zero-order chi connectivity index (χ0) is 34.4. The first-order valence-corrected chi connectivity index (χ1v) is 19.5. The molecule has 0 amide bonds. The van der Waals surface area contributed by atoms with Crippen LogP contribution in [0.1, 0.15) is 118 Å². The number of anilines is 1. The van der Waals surface area contributed by atoms with Gasteiger partial charge in [-0.25, -0.2) is 8.78 Å². The van der Waals surface area contributed by atoms with Gasteiger partial charge in [-0.15, -0.1) is 0 Å². The second-order valence-electron chi connectivity index (χ2n) is 17.3. The van der Waals surface area contributed by atoms with Crippen LogP contribution in [0.2, 0.25) is 0 Å². The minimum absolute atomic E-state index is 0.00709. The third-order valence-electron chi connectivity index (χ3n) is 13.4. The molecule has 3 aliphatic carbocycles.